The molecule has 4 atom stereocenters. The lowest BCUT2D eigenvalue weighted by Crippen LogP contribution is -2.42. The van der Waals surface area contributed by atoms with E-state index in [-0.39, 0.29) is 0 Å². The van der Waals surface area contributed by atoms with E-state index in [2.05, 4.69) is 15.2 Å². The fourth-order valence-electron chi connectivity index (χ4n) is 4.54. The van der Waals surface area contributed by atoms with E-state index in [0.29, 0.717) is 42.9 Å². The monoisotopic (exact) mass is 383 g/mol. The number of alkyl halides is 3. The van der Waals surface area contributed by atoms with Crippen LogP contribution in [0.5, 0.6) is 5.75 Å². The van der Waals surface area contributed by atoms with Gasteiger partial charge in [0, 0.05) is 32.0 Å². The molecule has 3 saturated heterocycles. The number of ether oxygens (including phenoxy) is 2. The van der Waals surface area contributed by atoms with Gasteiger partial charge in [-0.2, -0.15) is 13.2 Å². The third kappa shape index (κ3) is 3.72. The second kappa shape index (κ2) is 7.22. The molecule has 1 N–H and O–H groups in total. The molecule has 0 saturated carbocycles. The summed E-state index contributed by atoms with van der Waals surface area (Å²) >= 11 is 0. The third-order valence-corrected chi connectivity index (χ3v) is 5.80. The number of benzene rings is 1. The summed E-state index contributed by atoms with van der Waals surface area (Å²) in [5, 5.41) is 3.29. The van der Waals surface area contributed by atoms with E-state index in [0.717, 1.165) is 31.2 Å². The molecule has 148 valence electrons. The van der Waals surface area contributed by atoms with E-state index in [9.17, 15) is 13.2 Å². The number of hydrogen-bond acceptors (Lipinski definition) is 3. The first-order chi connectivity index (χ1) is 13.0. The van der Waals surface area contributed by atoms with Crippen LogP contribution in [0, 0.1) is 11.8 Å². The lowest BCUT2D eigenvalue weighted by Gasteiger charge is -2.23. The van der Waals surface area contributed by atoms with E-state index in [4.69, 9.17) is 9.47 Å². The van der Waals surface area contributed by atoms with Crippen LogP contribution in [0.15, 0.2) is 29.3 Å². The summed E-state index contributed by atoms with van der Waals surface area (Å²) in [5.41, 5.74) is -0.675. The average Bonchev–Trinajstić information content (AvgIpc) is 3.34. The Morgan fingerprint density at radius 2 is 1.81 bits per heavy atom. The number of fused-ring (bicyclic) bond motifs is 5. The Bertz CT molecular complexity index is 674. The van der Waals surface area contributed by atoms with Crippen LogP contribution in [-0.4, -0.2) is 56.4 Å². The molecule has 4 rings (SSSR count). The molecule has 1 aromatic carbocycles. The first-order valence-electron chi connectivity index (χ1n) is 9.37. The van der Waals surface area contributed by atoms with Crippen molar-refractivity contribution in [2.75, 3.05) is 33.3 Å². The topological polar surface area (TPSA) is 46.1 Å². The molecular weight excluding hydrogens is 359 g/mol. The molecular formula is C19H24F3N3O2. The summed E-state index contributed by atoms with van der Waals surface area (Å²) < 4.78 is 49.2. The van der Waals surface area contributed by atoms with Gasteiger partial charge in [-0.25, -0.2) is 0 Å². The van der Waals surface area contributed by atoms with Crippen LogP contribution in [0.1, 0.15) is 18.4 Å². The molecule has 0 amide bonds. The predicted molar refractivity (Wildman–Crippen MR) is 94.7 cm³/mol. The zero-order valence-electron chi connectivity index (χ0n) is 15.2. The zero-order valence-corrected chi connectivity index (χ0v) is 15.2. The van der Waals surface area contributed by atoms with Crippen molar-refractivity contribution in [3.8, 4) is 5.75 Å². The van der Waals surface area contributed by atoms with Gasteiger partial charge in [0.1, 0.15) is 12.4 Å². The van der Waals surface area contributed by atoms with E-state index >= 15 is 0 Å². The maximum atomic E-state index is 12.6. The highest BCUT2D eigenvalue weighted by Gasteiger charge is 2.53. The van der Waals surface area contributed by atoms with Crippen LogP contribution in [-0.2, 0) is 10.9 Å². The zero-order chi connectivity index (χ0) is 19.0. The van der Waals surface area contributed by atoms with Crippen molar-refractivity contribution in [2.45, 2.75) is 31.2 Å². The first-order valence-corrected chi connectivity index (χ1v) is 9.37. The average molecular weight is 383 g/mol. The van der Waals surface area contributed by atoms with Gasteiger partial charge in [-0.3, -0.25) is 4.99 Å². The first kappa shape index (κ1) is 18.4. The Morgan fingerprint density at radius 3 is 2.37 bits per heavy atom. The largest absolute Gasteiger partial charge is 0.492 e. The van der Waals surface area contributed by atoms with Gasteiger partial charge in [0.05, 0.1) is 24.3 Å². The molecule has 3 fully saturated rings. The minimum Gasteiger partial charge on any atom is -0.492 e. The second-order valence-corrected chi connectivity index (χ2v) is 7.37. The van der Waals surface area contributed by atoms with Gasteiger partial charge in [-0.05, 0) is 37.1 Å². The van der Waals surface area contributed by atoms with Crippen LogP contribution < -0.4 is 10.1 Å². The Balaban J connectivity index is 1.23. The SMILES string of the molecule is CN=C(NCCOc1ccc(C(F)(F)F)cc1)N1CC2C3CCC(O3)C2C1. The van der Waals surface area contributed by atoms with Crippen LogP contribution in [0.25, 0.3) is 0 Å². The molecule has 0 aliphatic carbocycles. The molecule has 3 heterocycles. The molecule has 0 spiro atoms. The van der Waals surface area contributed by atoms with Crippen molar-refractivity contribution in [3.05, 3.63) is 29.8 Å². The minimum atomic E-state index is -4.33. The number of hydrogen-bond donors (Lipinski definition) is 1. The quantitative estimate of drug-likeness (QED) is 0.493. The maximum Gasteiger partial charge on any atom is 0.416 e. The van der Waals surface area contributed by atoms with Gasteiger partial charge in [-0.15, -0.1) is 0 Å². The van der Waals surface area contributed by atoms with Crippen LogP contribution in [0.4, 0.5) is 13.2 Å². The van der Waals surface area contributed by atoms with E-state index < -0.39 is 11.7 Å². The highest BCUT2D eigenvalue weighted by molar-refractivity contribution is 5.80. The van der Waals surface area contributed by atoms with Crippen LogP contribution in [0.2, 0.25) is 0 Å². The highest BCUT2D eigenvalue weighted by Crippen LogP contribution is 2.47. The molecule has 0 aromatic heterocycles. The van der Waals surface area contributed by atoms with E-state index in [1.54, 1.807) is 7.05 Å². The number of likely N-dealkylation sites (tertiary alicyclic amines) is 1. The van der Waals surface area contributed by atoms with Crippen LogP contribution in [0.3, 0.4) is 0 Å². The fourth-order valence-corrected chi connectivity index (χ4v) is 4.54. The molecule has 27 heavy (non-hydrogen) atoms. The van der Waals surface area contributed by atoms with Gasteiger partial charge < -0.3 is 19.7 Å². The Morgan fingerprint density at radius 1 is 1.19 bits per heavy atom. The van der Waals surface area contributed by atoms with Crippen molar-refractivity contribution in [1.29, 1.82) is 0 Å². The lowest BCUT2D eigenvalue weighted by molar-refractivity contribution is -0.137. The standard InChI is InChI=1S/C19H24F3N3O2/c1-23-18(25-10-14-15(11-25)17-7-6-16(14)27-17)24-8-9-26-13-4-2-12(3-5-13)19(20,21)22/h2-5,14-17H,6-11H2,1H3,(H,23,24). The van der Waals surface area contributed by atoms with Crippen molar-refractivity contribution in [2.24, 2.45) is 16.8 Å². The van der Waals surface area contributed by atoms with Crippen molar-refractivity contribution < 1.29 is 22.6 Å². The minimum absolute atomic E-state index is 0.347. The second-order valence-electron chi connectivity index (χ2n) is 7.37. The van der Waals surface area contributed by atoms with Gasteiger partial charge in [-0.1, -0.05) is 0 Å². The normalized spacial score (nSPS) is 29.9. The van der Waals surface area contributed by atoms with Crippen molar-refractivity contribution in [3.63, 3.8) is 0 Å². The van der Waals surface area contributed by atoms with Gasteiger partial charge in [0.2, 0.25) is 0 Å². The number of rotatable bonds is 4. The molecule has 2 bridgehead atoms. The van der Waals surface area contributed by atoms with Crippen molar-refractivity contribution >= 4 is 5.96 Å². The molecule has 5 nitrogen and oxygen atoms in total. The molecule has 4 unspecified atom stereocenters. The van der Waals surface area contributed by atoms with E-state index in [1.165, 1.54) is 25.0 Å². The highest BCUT2D eigenvalue weighted by atomic mass is 19.4. The van der Waals surface area contributed by atoms with Crippen LogP contribution >= 0.6 is 0 Å². The van der Waals surface area contributed by atoms with Crippen molar-refractivity contribution in [1.82, 2.24) is 10.2 Å². The molecule has 0 radical (unpaired) electrons. The molecule has 1 aromatic rings. The number of nitrogens with one attached hydrogen (secondary N) is 1. The summed E-state index contributed by atoms with van der Waals surface area (Å²) in [5.74, 6) is 2.47. The molecule has 3 aliphatic heterocycles. The summed E-state index contributed by atoms with van der Waals surface area (Å²) in [4.78, 5) is 6.64. The number of halogens is 3. The third-order valence-electron chi connectivity index (χ3n) is 5.80. The fraction of sp³-hybridized carbons (Fsp3) is 0.632. The maximum absolute atomic E-state index is 12.6. The number of guanidine groups is 1. The molecule has 8 heteroatoms. The Hall–Kier alpha value is -1.96. The smallest absolute Gasteiger partial charge is 0.416 e. The Labute approximate surface area is 156 Å². The van der Waals surface area contributed by atoms with Gasteiger partial charge in [0.25, 0.3) is 0 Å². The predicted octanol–water partition coefficient (Wildman–Crippen LogP) is 2.77. The Kier molecular flexibility index (Phi) is 4.92. The van der Waals surface area contributed by atoms with E-state index in [1.807, 2.05) is 0 Å². The lowest BCUT2D eigenvalue weighted by atomic mass is 9.82. The summed E-state index contributed by atoms with van der Waals surface area (Å²) in [6, 6.07) is 4.74. The summed E-state index contributed by atoms with van der Waals surface area (Å²) in [7, 11) is 1.76. The summed E-state index contributed by atoms with van der Waals surface area (Å²) in [6.07, 6.45) is -1.16. The molecule has 3 aliphatic rings. The summed E-state index contributed by atoms with van der Waals surface area (Å²) in [6.45, 7) is 2.80. The van der Waals surface area contributed by atoms with Gasteiger partial charge >= 0.3 is 6.18 Å². The number of nitrogens with zero attached hydrogens (tertiary/aromatic N) is 2. The van der Waals surface area contributed by atoms with Gasteiger partial charge in [0.15, 0.2) is 5.96 Å². The number of aliphatic imine (C=N–C) groups is 1.